The SMILES string of the molecule is CCN(CC)CCOc1ccccc1CNC(=O)CC(NC(C)=O)c1ccc(Cl)cc1. The van der Waals surface area contributed by atoms with Gasteiger partial charge in [0.25, 0.3) is 0 Å². The van der Waals surface area contributed by atoms with Crippen molar-refractivity contribution in [3.05, 3.63) is 64.7 Å². The summed E-state index contributed by atoms with van der Waals surface area (Å²) in [4.78, 5) is 26.5. The van der Waals surface area contributed by atoms with E-state index in [4.69, 9.17) is 16.3 Å². The highest BCUT2D eigenvalue weighted by molar-refractivity contribution is 6.30. The summed E-state index contributed by atoms with van der Waals surface area (Å²) in [6.45, 7) is 9.47. The molecule has 0 aliphatic rings. The Labute approximate surface area is 189 Å². The van der Waals surface area contributed by atoms with Crippen LogP contribution in [-0.4, -0.2) is 43.0 Å². The van der Waals surface area contributed by atoms with Gasteiger partial charge < -0.3 is 20.3 Å². The molecular weight excluding hydrogens is 414 g/mol. The van der Waals surface area contributed by atoms with E-state index in [1.165, 1.54) is 6.92 Å². The number of nitrogens with zero attached hydrogens (tertiary/aromatic N) is 1. The number of ether oxygens (including phenoxy) is 1. The van der Waals surface area contributed by atoms with Gasteiger partial charge in [0, 0.05) is 30.6 Å². The van der Waals surface area contributed by atoms with E-state index in [2.05, 4.69) is 29.4 Å². The van der Waals surface area contributed by atoms with E-state index < -0.39 is 6.04 Å². The lowest BCUT2D eigenvalue weighted by molar-refractivity contribution is -0.122. The first-order chi connectivity index (χ1) is 14.9. The molecule has 0 bridgehead atoms. The fraction of sp³-hybridized carbons (Fsp3) is 0.417. The van der Waals surface area contributed by atoms with Crippen LogP contribution in [0.2, 0.25) is 5.02 Å². The fourth-order valence-corrected chi connectivity index (χ4v) is 3.39. The van der Waals surface area contributed by atoms with Crippen molar-refractivity contribution in [1.29, 1.82) is 0 Å². The number of carbonyl (C=O) groups excluding carboxylic acids is 2. The Kier molecular flexibility index (Phi) is 10.3. The first-order valence-corrected chi connectivity index (χ1v) is 11.0. The standard InChI is InChI=1S/C24H32ClN3O3/c1-4-28(5-2)14-15-31-23-9-7-6-8-20(23)17-26-24(30)16-22(27-18(3)29)19-10-12-21(25)13-11-19/h6-13,22H,4-5,14-17H2,1-3H3,(H,26,30)(H,27,29). The second-order valence-electron chi connectivity index (χ2n) is 7.27. The molecule has 0 fully saturated rings. The summed E-state index contributed by atoms with van der Waals surface area (Å²) in [6.07, 6.45) is 0.131. The molecular formula is C24H32ClN3O3. The van der Waals surface area contributed by atoms with Crippen molar-refractivity contribution in [2.24, 2.45) is 0 Å². The molecule has 7 heteroatoms. The number of hydrogen-bond acceptors (Lipinski definition) is 4. The molecule has 0 heterocycles. The van der Waals surface area contributed by atoms with Crippen molar-refractivity contribution in [2.45, 2.75) is 39.8 Å². The van der Waals surface area contributed by atoms with E-state index >= 15 is 0 Å². The molecule has 0 aliphatic heterocycles. The zero-order chi connectivity index (χ0) is 22.6. The van der Waals surface area contributed by atoms with Gasteiger partial charge in [0.05, 0.1) is 12.5 Å². The molecule has 2 N–H and O–H groups in total. The first kappa shape index (κ1) is 24.7. The van der Waals surface area contributed by atoms with Crippen molar-refractivity contribution in [3.8, 4) is 5.75 Å². The van der Waals surface area contributed by atoms with Crippen LogP contribution < -0.4 is 15.4 Å². The highest BCUT2D eigenvalue weighted by Crippen LogP contribution is 2.21. The van der Waals surface area contributed by atoms with Crippen LogP contribution in [0.5, 0.6) is 5.75 Å². The molecule has 1 atom stereocenters. The fourth-order valence-electron chi connectivity index (χ4n) is 3.26. The van der Waals surface area contributed by atoms with Gasteiger partial charge in [-0.05, 0) is 36.9 Å². The van der Waals surface area contributed by atoms with E-state index in [-0.39, 0.29) is 18.2 Å². The first-order valence-electron chi connectivity index (χ1n) is 10.6. The van der Waals surface area contributed by atoms with Crippen LogP contribution >= 0.6 is 11.6 Å². The molecule has 31 heavy (non-hydrogen) atoms. The molecule has 0 saturated heterocycles. The Morgan fingerprint density at radius 3 is 2.39 bits per heavy atom. The zero-order valence-electron chi connectivity index (χ0n) is 18.5. The van der Waals surface area contributed by atoms with Gasteiger partial charge in [0.1, 0.15) is 12.4 Å². The minimum atomic E-state index is -0.421. The monoisotopic (exact) mass is 445 g/mol. The third-order valence-corrected chi connectivity index (χ3v) is 5.30. The Balaban J connectivity index is 1.94. The van der Waals surface area contributed by atoms with Crippen LogP contribution in [0.4, 0.5) is 0 Å². The summed E-state index contributed by atoms with van der Waals surface area (Å²) in [7, 11) is 0. The largest absolute Gasteiger partial charge is 0.492 e. The van der Waals surface area contributed by atoms with Crippen LogP contribution in [0.25, 0.3) is 0 Å². The van der Waals surface area contributed by atoms with Gasteiger partial charge in [0.2, 0.25) is 11.8 Å². The van der Waals surface area contributed by atoms with E-state index in [9.17, 15) is 9.59 Å². The van der Waals surface area contributed by atoms with Crippen molar-refractivity contribution in [1.82, 2.24) is 15.5 Å². The zero-order valence-corrected chi connectivity index (χ0v) is 19.2. The lowest BCUT2D eigenvalue weighted by Crippen LogP contribution is -2.32. The van der Waals surface area contributed by atoms with Crippen LogP contribution in [0.3, 0.4) is 0 Å². The number of benzene rings is 2. The molecule has 2 aromatic carbocycles. The molecule has 0 aromatic heterocycles. The molecule has 1 unspecified atom stereocenters. The van der Waals surface area contributed by atoms with Crippen molar-refractivity contribution in [3.63, 3.8) is 0 Å². The quantitative estimate of drug-likeness (QED) is 0.519. The highest BCUT2D eigenvalue weighted by Gasteiger charge is 2.17. The predicted octanol–water partition coefficient (Wildman–Crippen LogP) is 3.94. The van der Waals surface area contributed by atoms with Gasteiger partial charge in [-0.3, -0.25) is 9.59 Å². The van der Waals surface area contributed by atoms with E-state index in [1.54, 1.807) is 12.1 Å². The summed E-state index contributed by atoms with van der Waals surface area (Å²) in [5.74, 6) is 0.414. The molecule has 2 rings (SSSR count). The maximum Gasteiger partial charge on any atom is 0.222 e. The topological polar surface area (TPSA) is 70.7 Å². The second kappa shape index (κ2) is 13.0. The van der Waals surface area contributed by atoms with Crippen LogP contribution in [0, 0.1) is 0 Å². The Hall–Kier alpha value is -2.57. The molecule has 0 radical (unpaired) electrons. The van der Waals surface area contributed by atoms with Crippen LogP contribution in [0.1, 0.15) is 44.4 Å². The Bertz CT molecular complexity index is 838. The minimum Gasteiger partial charge on any atom is -0.492 e. The number of hydrogen-bond donors (Lipinski definition) is 2. The Morgan fingerprint density at radius 1 is 1.06 bits per heavy atom. The normalized spacial score (nSPS) is 11.8. The molecule has 0 aliphatic carbocycles. The lowest BCUT2D eigenvalue weighted by atomic mass is 10.0. The summed E-state index contributed by atoms with van der Waals surface area (Å²) in [6, 6.07) is 14.4. The molecule has 168 valence electrons. The van der Waals surface area contributed by atoms with Gasteiger partial charge in [-0.2, -0.15) is 0 Å². The molecule has 2 aromatic rings. The number of carbonyl (C=O) groups is 2. The summed E-state index contributed by atoms with van der Waals surface area (Å²) in [5, 5.41) is 6.38. The Morgan fingerprint density at radius 2 is 1.74 bits per heavy atom. The van der Waals surface area contributed by atoms with E-state index in [1.807, 2.05) is 36.4 Å². The van der Waals surface area contributed by atoms with Gasteiger partial charge in [-0.25, -0.2) is 0 Å². The number of para-hydroxylation sites is 1. The van der Waals surface area contributed by atoms with Crippen molar-refractivity contribution < 1.29 is 14.3 Å². The highest BCUT2D eigenvalue weighted by atomic mass is 35.5. The molecule has 0 saturated carbocycles. The smallest absolute Gasteiger partial charge is 0.222 e. The number of rotatable bonds is 12. The average molecular weight is 446 g/mol. The molecule has 0 spiro atoms. The van der Waals surface area contributed by atoms with Crippen LogP contribution in [-0.2, 0) is 16.1 Å². The average Bonchev–Trinajstić information content (AvgIpc) is 2.76. The molecule has 6 nitrogen and oxygen atoms in total. The third-order valence-electron chi connectivity index (χ3n) is 5.05. The van der Waals surface area contributed by atoms with Gasteiger partial charge in [-0.1, -0.05) is 55.8 Å². The summed E-state index contributed by atoms with van der Waals surface area (Å²) < 4.78 is 5.96. The van der Waals surface area contributed by atoms with Gasteiger partial charge in [0.15, 0.2) is 0 Å². The van der Waals surface area contributed by atoms with E-state index in [0.29, 0.717) is 18.2 Å². The number of amides is 2. The predicted molar refractivity (Wildman–Crippen MR) is 124 cm³/mol. The third kappa shape index (κ3) is 8.59. The van der Waals surface area contributed by atoms with Gasteiger partial charge in [-0.15, -0.1) is 0 Å². The van der Waals surface area contributed by atoms with Crippen molar-refractivity contribution in [2.75, 3.05) is 26.2 Å². The maximum atomic E-state index is 12.6. The van der Waals surface area contributed by atoms with Crippen LogP contribution in [0.15, 0.2) is 48.5 Å². The minimum absolute atomic E-state index is 0.131. The maximum absolute atomic E-state index is 12.6. The lowest BCUT2D eigenvalue weighted by Gasteiger charge is -2.20. The van der Waals surface area contributed by atoms with Crippen molar-refractivity contribution >= 4 is 23.4 Å². The second-order valence-corrected chi connectivity index (χ2v) is 7.71. The summed E-state index contributed by atoms with van der Waals surface area (Å²) in [5.41, 5.74) is 1.74. The molecule has 2 amide bonds. The van der Waals surface area contributed by atoms with Gasteiger partial charge >= 0.3 is 0 Å². The van der Waals surface area contributed by atoms with E-state index in [0.717, 1.165) is 36.5 Å². The number of halogens is 1. The number of likely N-dealkylation sites (N-methyl/N-ethyl adjacent to an activating group) is 1. The number of nitrogens with one attached hydrogen (secondary N) is 2. The summed E-state index contributed by atoms with van der Waals surface area (Å²) >= 11 is 5.95.